The van der Waals surface area contributed by atoms with Crippen molar-refractivity contribution in [2.45, 2.75) is 6.61 Å². The van der Waals surface area contributed by atoms with Gasteiger partial charge < -0.3 is 15.2 Å². The molecule has 0 heterocycles. The molecular formula is C14H13BrFNO2. The summed E-state index contributed by atoms with van der Waals surface area (Å²) in [6.07, 6.45) is 0. The summed E-state index contributed by atoms with van der Waals surface area (Å²) in [6, 6.07) is 9.66. The molecule has 19 heavy (non-hydrogen) atoms. The third-order valence-electron chi connectivity index (χ3n) is 2.63. The van der Waals surface area contributed by atoms with Crippen LogP contribution in [0.2, 0.25) is 0 Å². The van der Waals surface area contributed by atoms with Crippen LogP contribution in [0.25, 0.3) is 0 Å². The van der Waals surface area contributed by atoms with Crippen LogP contribution in [0.5, 0.6) is 11.5 Å². The summed E-state index contributed by atoms with van der Waals surface area (Å²) in [5, 5.41) is 0. The van der Waals surface area contributed by atoms with Crippen molar-refractivity contribution in [1.29, 1.82) is 0 Å². The Morgan fingerprint density at radius 3 is 2.79 bits per heavy atom. The second-order valence-corrected chi connectivity index (χ2v) is 4.76. The zero-order valence-electron chi connectivity index (χ0n) is 10.3. The molecule has 0 aliphatic heterocycles. The minimum absolute atomic E-state index is 0.169. The molecule has 0 unspecified atom stereocenters. The van der Waals surface area contributed by atoms with Gasteiger partial charge in [0.1, 0.15) is 12.4 Å². The van der Waals surface area contributed by atoms with Crippen molar-refractivity contribution in [3.05, 3.63) is 52.3 Å². The highest BCUT2D eigenvalue weighted by Crippen LogP contribution is 2.35. The Kier molecular flexibility index (Phi) is 4.27. The number of para-hydroxylation sites is 1. The number of methoxy groups -OCH3 is 1. The number of hydrogen-bond acceptors (Lipinski definition) is 3. The first-order valence-electron chi connectivity index (χ1n) is 5.61. The molecule has 0 atom stereocenters. The minimum Gasteiger partial charge on any atom is -0.493 e. The summed E-state index contributed by atoms with van der Waals surface area (Å²) < 4.78 is 24.8. The number of halogens is 2. The van der Waals surface area contributed by atoms with Crippen molar-refractivity contribution < 1.29 is 13.9 Å². The van der Waals surface area contributed by atoms with Crippen LogP contribution in [0.3, 0.4) is 0 Å². The van der Waals surface area contributed by atoms with Crippen LogP contribution in [0, 0.1) is 5.82 Å². The maximum atomic E-state index is 13.2. The van der Waals surface area contributed by atoms with Gasteiger partial charge >= 0.3 is 0 Å². The van der Waals surface area contributed by atoms with Crippen molar-refractivity contribution in [1.82, 2.24) is 0 Å². The number of hydrogen-bond donors (Lipinski definition) is 1. The monoisotopic (exact) mass is 325 g/mol. The molecule has 2 rings (SSSR count). The first-order chi connectivity index (χ1) is 9.11. The number of anilines is 1. The summed E-state index contributed by atoms with van der Waals surface area (Å²) in [7, 11) is 1.56. The summed E-state index contributed by atoms with van der Waals surface area (Å²) in [4.78, 5) is 0. The number of benzene rings is 2. The molecule has 0 bridgehead atoms. The second kappa shape index (κ2) is 5.93. The summed E-state index contributed by atoms with van der Waals surface area (Å²) in [5.41, 5.74) is 6.86. The van der Waals surface area contributed by atoms with Crippen molar-refractivity contribution in [2.24, 2.45) is 0 Å². The molecule has 100 valence electrons. The molecule has 5 heteroatoms. The average Bonchev–Trinajstić information content (AvgIpc) is 2.40. The third kappa shape index (κ3) is 3.17. The smallest absolute Gasteiger partial charge is 0.175 e. The van der Waals surface area contributed by atoms with Crippen LogP contribution in [0.15, 0.2) is 40.9 Å². The fourth-order valence-electron chi connectivity index (χ4n) is 1.64. The highest BCUT2D eigenvalue weighted by atomic mass is 79.9. The van der Waals surface area contributed by atoms with E-state index in [1.54, 1.807) is 13.2 Å². The Morgan fingerprint density at radius 2 is 2.05 bits per heavy atom. The first kappa shape index (κ1) is 13.7. The molecule has 0 aliphatic rings. The molecule has 2 aromatic carbocycles. The molecule has 2 aromatic rings. The molecular weight excluding hydrogens is 313 g/mol. The predicted octanol–water partition coefficient (Wildman–Crippen LogP) is 3.76. The molecule has 0 radical (unpaired) electrons. The molecule has 2 N–H and O–H groups in total. The van der Waals surface area contributed by atoms with E-state index in [0.29, 0.717) is 22.7 Å². The fourth-order valence-corrected chi connectivity index (χ4v) is 2.10. The van der Waals surface area contributed by atoms with Gasteiger partial charge in [0, 0.05) is 11.3 Å². The second-order valence-electron chi connectivity index (χ2n) is 3.90. The topological polar surface area (TPSA) is 44.5 Å². The van der Waals surface area contributed by atoms with Crippen LogP contribution >= 0.6 is 15.9 Å². The standard InChI is InChI=1S/C14H13BrFNO2/c1-18-13-4-2-3-11(15)14(13)19-8-9-7-10(16)5-6-12(9)17/h2-7H,8,17H2,1H3. The van der Waals surface area contributed by atoms with Crippen molar-refractivity contribution in [3.63, 3.8) is 0 Å². The maximum absolute atomic E-state index is 13.2. The Bertz CT molecular complexity index is 590. The largest absolute Gasteiger partial charge is 0.493 e. The van der Waals surface area contributed by atoms with Gasteiger partial charge in [0.2, 0.25) is 0 Å². The highest BCUT2D eigenvalue weighted by molar-refractivity contribution is 9.10. The van der Waals surface area contributed by atoms with E-state index in [2.05, 4.69) is 15.9 Å². The Hall–Kier alpha value is -1.75. The Balaban J connectivity index is 2.21. The third-order valence-corrected chi connectivity index (χ3v) is 3.25. The van der Waals surface area contributed by atoms with Gasteiger partial charge in [0.25, 0.3) is 0 Å². The van der Waals surface area contributed by atoms with Crippen molar-refractivity contribution in [2.75, 3.05) is 12.8 Å². The minimum atomic E-state index is -0.341. The van der Waals surface area contributed by atoms with Gasteiger partial charge in [-0.1, -0.05) is 6.07 Å². The van der Waals surface area contributed by atoms with Gasteiger partial charge in [-0.2, -0.15) is 0 Å². The van der Waals surface area contributed by atoms with Gasteiger partial charge in [0.15, 0.2) is 11.5 Å². The van der Waals surface area contributed by atoms with Crippen molar-refractivity contribution >= 4 is 21.6 Å². The predicted molar refractivity (Wildman–Crippen MR) is 75.8 cm³/mol. The molecule has 3 nitrogen and oxygen atoms in total. The normalized spacial score (nSPS) is 10.3. The lowest BCUT2D eigenvalue weighted by molar-refractivity contribution is 0.282. The van der Waals surface area contributed by atoms with E-state index in [4.69, 9.17) is 15.2 Å². The number of rotatable bonds is 4. The van der Waals surface area contributed by atoms with Gasteiger partial charge in [-0.15, -0.1) is 0 Å². The van der Waals surface area contributed by atoms with Crippen molar-refractivity contribution in [3.8, 4) is 11.5 Å². The van der Waals surface area contributed by atoms with E-state index in [1.165, 1.54) is 18.2 Å². The zero-order valence-corrected chi connectivity index (χ0v) is 11.9. The number of ether oxygens (including phenoxy) is 2. The fraction of sp³-hybridized carbons (Fsp3) is 0.143. The zero-order chi connectivity index (χ0) is 13.8. The molecule has 0 saturated heterocycles. The van der Waals surface area contributed by atoms with Gasteiger partial charge in [-0.25, -0.2) is 4.39 Å². The van der Waals surface area contributed by atoms with Crippen LogP contribution in [-0.2, 0) is 6.61 Å². The lowest BCUT2D eigenvalue weighted by Crippen LogP contribution is -2.02. The summed E-state index contributed by atoms with van der Waals surface area (Å²) in [6.45, 7) is 0.169. The molecule has 0 saturated carbocycles. The van der Waals surface area contributed by atoms with Crippen LogP contribution in [-0.4, -0.2) is 7.11 Å². The lowest BCUT2D eigenvalue weighted by atomic mass is 10.2. The van der Waals surface area contributed by atoms with E-state index >= 15 is 0 Å². The SMILES string of the molecule is COc1cccc(Br)c1OCc1cc(F)ccc1N. The van der Waals surface area contributed by atoms with Crippen LogP contribution in [0.4, 0.5) is 10.1 Å². The molecule has 0 spiro atoms. The molecule has 0 fully saturated rings. The Morgan fingerprint density at radius 1 is 1.26 bits per heavy atom. The van der Waals surface area contributed by atoms with Gasteiger partial charge in [-0.05, 0) is 46.3 Å². The van der Waals surface area contributed by atoms with Gasteiger partial charge in [-0.3, -0.25) is 0 Å². The average molecular weight is 326 g/mol. The Labute approximate surface area is 119 Å². The maximum Gasteiger partial charge on any atom is 0.175 e. The molecule has 0 amide bonds. The molecule has 0 aromatic heterocycles. The van der Waals surface area contributed by atoms with Gasteiger partial charge in [0.05, 0.1) is 11.6 Å². The first-order valence-corrected chi connectivity index (χ1v) is 6.40. The van der Waals surface area contributed by atoms with E-state index in [0.717, 1.165) is 4.47 Å². The number of nitrogen functional groups attached to an aromatic ring is 1. The molecule has 0 aliphatic carbocycles. The van der Waals surface area contributed by atoms with E-state index in [-0.39, 0.29) is 12.4 Å². The van der Waals surface area contributed by atoms with E-state index in [1.807, 2.05) is 12.1 Å². The van der Waals surface area contributed by atoms with Crippen LogP contribution in [0.1, 0.15) is 5.56 Å². The lowest BCUT2D eigenvalue weighted by Gasteiger charge is -2.13. The summed E-state index contributed by atoms with van der Waals surface area (Å²) >= 11 is 3.38. The summed E-state index contributed by atoms with van der Waals surface area (Å²) in [5.74, 6) is 0.824. The van der Waals surface area contributed by atoms with E-state index < -0.39 is 0 Å². The van der Waals surface area contributed by atoms with Crippen LogP contribution < -0.4 is 15.2 Å². The quantitative estimate of drug-likeness (QED) is 0.870. The highest BCUT2D eigenvalue weighted by Gasteiger charge is 2.10. The number of nitrogens with two attached hydrogens (primary N) is 1. The van der Waals surface area contributed by atoms with E-state index in [9.17, 15) is 4.39 Å².